The minimum atomic E-state index is -3.86. The highest BCUT2D eigenvalue weighted by atomic mass is 32.2. The molecule has 0 aliphatic heterocycles. The van der Waals surface area contributed by atoms with Crippen molar-refractivity contribution in [3.63, 3.8) is 0 Å². The summed E-state index contributed by atoms with van der Waals surface area (Å²) in [6.07, 6.45) is 1.54. The van der Waals surface area contributed by atoms with Gasteiger partial charge in [-0.3, -0.25) is 4.72 Å². The Bertz CT molecular complexity index is 819. The van der Waals surface area contributed by atoms with Crippen molar-refractivity contribution in [1.29, 1.82) is 0 Å². The van der Waals surface area contributed by atoms with Crippen LogP contribution in [0.1, 0.15) is 25.0 Å². The fraction of sp³-hybridized carbons (Fsp3) is 0.353. The molecular weight excluding hydrogens is 328 g/mol. The van der Waals surface area contributed by atoms with E-state index in [1.807, 2.05) is 13.8 Å². The predicted molar refractivity (Wildman–Crippen MR) is 93.3 cm³/mol. The average molecular weight is 350 g/mol. The summed E-state index contributed by atoms with van der Waals surface area (Å²) in [7, 11) is -3.86. The van der Waals surface area contributed by atoms with Crippen LogP contribution in [0.4, 0.5) is 5.82 Å². The van der Waals surface area contributed by atoms with Crippen molar-refractivity contribution >= 4 is 15.8 Å². The number of aryl methyl sites for hydroxylation is 2. The number of aromatic nitrogens is 1. The monoisotopic (exact) mass is 350 g/mol. The Kier molecular flexibility index (Phi) is 5.66. The predicted octanol–water partition coefficient (Wildman–Crippen LogP) is 3.30. The molecule has 0 fully saturated rings. The topological polar surface area (TPSA) is 77.5 Å². The number of hydrogen-bond acceptors (Lipinski definition) is 5. The van der Waals surface area contributed by atoms with Gasteiger partial charge in [0.2, 0.25) is 0 Å². The van der Waals surface area contributed by atoms with E-state index in [0.29, 0.717) is 30.5 Å². The molecule has 0 bridgehead atoms. The van der Waals surface area contributed by atoms with Gasteiger partial charge in [-0.05, 0) is 51.0 Å². The van der Waals surface area contributed by atoms with Crippen LogP contribution in [-0.4, -0.2) is 26.6 Å². The summed E-state index contributed by atoms with van der Waals surface area (Å²) in [5.41, 5.74) is 1.55. The first-order valence-electron chi connectivity index (χ1n) is 7.73. The van der Waals surface area contributed by atoms with E-state index in [4.69, 9.17) is 9.47 Å². The summed E-state index contributed by atoms with van der Waals surface area (Å²) < 4.78 is 39.2. The van der Waals surface area contributed by atoms with Crippen molar-refractivity contribution in [3.8, 4) is 11.5 Å². The fourth-order valence-corrected chi connectivity index (χ4v) is 3.43. The van der Waals surface area contributed by atoms with Gasteiger partial charge in [-0.2, -0.15) is 0 Å². The third-order valence-corrected chi connectivity index (χ3v) is 4.73. The van der Waals surface area contributed by atoms with Crippen LogP contribution in [0.25, 0.3) is 0 Å². The van der Waals surface area contributed by atoms with Gasteiger partial charge in [0.15, 0.2) is 0 Å². The molecule has 1 aromatic carbocycles. The van der Waals surface area contributed by atoms with Crippen molar-refractivity contribution in [2.24, 2.45) is 0 Å². The molecule has 6 nitrogen and oxygen atoms in total. The van der Waals surface area contributed by atoms with E-state index in [0.717, 1.165) is 11.1 Å². The summed E-state index contributed by atoms with van der Waals surface area (Å²) in [6.45, 7) is 8.09. The Labute approximate surface area is 142 Å². The van der Waals surface area contributed by atoms with Gasteiger partial charge < -0.3 is 9.47 Å². The second-order valence-electron chi connectivity index (χ2n) is 5.20. The Morgan fingerprint density at radius 3 is 2.33 bits per heavy atom. The Hall–Kier alpha value is -2.28. The normalized spacial score (nSPS) is 11.2. The molecule has 0 spiro atoms. The number of nitrogens with one attached hydrogen (secondary N) is 1. The number of nitrogens with zero attached hydrogens (tertiary/aromatic N) is 1. The summed E-state index contributed by atoms with van der Waals surface area (Å²) in [4.78, 5) is 4.11. The molecule has 0 amide bonds. The van der Waals surface area contributed by atoms with Crippen LogP contribution in [0.3, 0.4) is 0 Å². The molecule has 0 aliphatic rings. The van der Waals surface area contributed by atoms with Crippen molar-refractivity contribution < 1.29 is 17.9 Å². The van der Waals surface area contributed by atoms with Crippen molar-refractivity contribution in [1.82, 2.24) is 4.98 Å². The third-order valence-electron chi connectivity index (χ3n) is 3.37. The van der Waals surface area contributed by atoms with E-state index in [2.05, 4.69) is 9.71 Å². The van der Waals surface area contributed by atoms with E-state index in [9.17, 15) is 8.42 Å². The van der Waals surface area contributed by atoms with E-state index in [-0.39, 0.29) is 4.90 Å². The van der Waals surface area contributed by atoms with Crippen molar-refractivity contribution in [2.45, 2.75) is 32.6 Å². The first kappa shape index (κ1) is 18.1. The fourth-order valence-electron chi connectivity index (χ4n) is 2.21. The minimum absolute atomic E-state index is 0.0310. The Balaban J connectivity index is 2.51. The SMILES string of the molecule is CCOc1cc(S(=O)(=O)Nc2ncccc2C)c(OCC)cc1C. The van der Waals surface area contributed by atoms with Gasteiger partial charge in [-0.15, -0.1) is 0 Å². The highest BCUT2D eigenvalue weighted by molar-refractivity contribution is 7.92. The number of benzene rings is 1. The zero-order chi connectivity index (χ0) is 17.7. The van der Waals surface area contributed by atoms with Gasteiger partial charge in [0, 0.05) is 12.3 Å². The molecule has 24 heavy (non-hydrogen) atoms. The summed E-state index contributed by atoms with van der Waals surface area (Å²) in [5, 5.41) is 0. The molecule has 130 valence electrons. The molecule has 2 rings (SSSR count). The smallest absolute Gasteiger partial charge is 0.266 e. The largest absolute Gasteiger partial charge is 0.494 e. The molecular formula is C17H22N2O4S. The molecule has 1 aromatic heterocycles. The van der Waals surface area contributed by atoms with E-state index in [1.165, 1.54) is 12.3 Å². The van der Waals surface area contributed by atoms with Crippen LogP contribution < -0.4 is 14.2 Å². The van der Waals surface area contributed by atoms with Crippen LogP contribution in [0.15, 0.2) is 35.4 Å². The maximum absolute atomic E-state index is 12.8. The standard InChI is InChI=1S/C17H22N2O4S/c1-5-22-14-11-16(15(23-6-2)10-13(14)4)24(20,21)19-17-12(3)8-7-9-18-17/h7-11H,5-6H2,1-4H3,(H,18,19). The number of hydrogen-bond donors (Lipinski definition) is 1. The van der Waals surface area contributed by atoms with Crippen LogP contribution >= 0.6 is 0 Å². The van der Waals surface area contributed by atoms with Gasteiger partial charge in [0.05, 0.1) is 13.2 Å². The zero-order valence-electron chi connectivity index (χ0n) is 14.3. The summed E-state index contributed by atoms with van der Waals surface area (Å²) >= 11 is 0. The lowest BCUT2D eigenvalue weighted by Gasteiger charge is -2.16. The quantitative estimate of drug-likeness (QED) is 0.829. The zero-order valence-corrected chi connectivity index (χ0v) is 15.1. The summed E-state index contributed by atoms with van der Waals surface area (Å²) in [5.74, 6) is 1.09. The number of ether oxygens (including phenoxy) is 2. The molecule has 0 atom stereocenters. The van der Waals surface area contributed by atoms with Crippen LogP contribution in [-0.2, 0) is 10.0 Å². The van der Waals surface area contributed by atoms with Crippen LogP contribution in [0.5, 0.6) is 11.5 Å². The second kappa shape index (κ2) is 7.53. The lowest BCUT2D eigenvalue weighted by Crippen LogP contribution is -2.16. The maximum atomic E-state index is 12.8. The first-order chi connectivity index (χ1) is 11.4. The molecule has 7 heteroatoms. The van der Waals surface area contributed by atoms with E-state index in [1.54, 1.807) is 32.0 Å². The van der Waals surface area contributed by atoms with Gasteiger partial charge >= 0.3 is 0 Å². The molecule has 1 heterocycles. The average Bonchev–Trinajstić information content (AvgIpc) is 2.52. The second-order valence-corrected chi connectivity index (χ2v) is 6.86. The minimum Gasteiger partial charge on any atom is -0.494 e. The highest BCUT2D eigenvalue weighted by Crippen LogP contribution is 2.33. The molecule has 0 saturated carbocycles. The Morgan fingerprint density at radius 1 is 1.04 bits per heavy atom. The first-order valence-corrected chi connectivity index (χ1v) is 9.22. The summed E-state index contributed by atoms with van der Waals surface area (Å²) in [6, 6.07) is 6.70. The number of pyridine rings is 1. The lowest BCUT2D eigenvalue weighted by atomic mass is 10.2. The number of anilines is 1. The van der Waals surface area contributed by atoms with Gasteiger partial charge in [-0.25, -0.2) is 13.4 Å². The van der Waals surface area contributed by atoms with E-state index < -0.39 is 10.0 Å². The molecule has 0 radical (unpaired) electrons. The van der Waals surface area contributed by atoms with Gasteiger partial charge in [-0.1, -0.05) is 6.07 Å². The molecule has 0 aliphatic carbocycles. The molecule has 1 N–H and O–H groups in total. The van der Waals surface area contributed by atoms with E-state index >= 15 is 0 Å². The molecule has 0 saturated heterocycles. The van der Waals surface area contributed by atoms with Crippen LogP contribution in [0.2, 0.25) is 0 Å². The number of rotatable bonds is 7. The third kappa shape index (κ3) is 3.97. The maximum Gasteiger partial charge on any atom is 0.266 e. The lowest BCUT2D eigenvalue weighted by molar-refractivity contribution is 0.321. The van der Waals surface area contributed by atoms with Gasteiger partial charge in [0.25, 0.3) is 10.0 Å². The molecule has 2 aromatic rings. The highest BCUT2D eigenvalue weighted by Gasteiger charge is 2.23. The number of sulfonamides is 1. The van der Waals surface area contributed by atoms with Crippen molar-refractivity contribution in [3.05, 3.63) is 41.6 Å². The molecule has 0 unspecified atom stereocenters. The van der Waals surface area contributed by atoms with Crippen LogP contribution in [0, 0.1) is 13.8 Å². The Morgan fingerprint density at radius 2 is 1.71 bits per heavy atom. The van der Waals surface area contributed by atoms with Gasteiger partial charge in [0.1, 0.15) is 22.2 Å². The van der Waals surface area contributed by atoms with Crippen molar-refractivity contribution in [2.75, 3.05) is 17.9 Å².